The number of nitrogens with zero attached hydrogens (tertiary/aromatic N) is 1. The van der Waals surface area contributed by atoms with Gasteiger partial charge in [-0.25, -0.2) is 0 Å². The molecule has 2 saturated heterocycles. The van der Waals surface area contributed by atoms with Crippen LogP contribution >= 0.6 is 0 Å². The van der Waals surface area contributed by atoms with Gasteiger partial charge in [-0.05, 0) is 44.8 Å². The first-order chi connectivity index (χ1) is 9.84. The Balaban J connectivity index is 1.68. The number of nitrogens with one attached hydrogen (secondary N) is 1. The number of benzene rings is 1. The summed E-state index contributed by atoms with van der Waals surface area (Å²) in [7, 11) is 0. The highest BCUT2D eigenvalue weighted by molar-refractivity contribution is 5.19. The lowest BCUT2D eigenvalue weighted by atomic mass is 10.0. The van der Waals surface area contributed by atoms with Gasteiger partial charge in [0, 0.05) is 25.2 Å². The zero-order chi connectivity index (χ0) is 13.8. The molecular formula is C17H26N2O. The van der Waals surface area contributed by atoms with Crippen LogP contribution in [0.25, 0.3) is 0 Å². The molecule has 2 heterocycles. The predicted octanol–water partition coefficient (Wildman–Crippen LogP) is 2.59. The van der Waals surface area contributed by atoms with E-state index in [0.29, 0.717) is 18.2 Å². The third kappa shape index (κ3) is 3.22. The van der Waals surface area contributed by atoms with E-state index >= 15 is 0 Å². The zero-order valence-corrected chi connectivity index (χ0v) is 12.4. The van der Waals surface area contributed by atoms with Crippen LogP contribution in [0.4, 0.5) is 0 Å². The SMILES string of the molecule is CC(C1CCCO1)N1CCCNC(c2ccccc2)C1. The van der Waals surface area contributed by atoms with Crippen molar-refractivity contribution in [2.24, 2.45) is 0 Å². The Morgan fingerprint density at radius 2 is 2.10 bits per heavy atom. The van der Waals surface area contributed by atoms with Gasteiger partial charge in [0.15, 0.2) is 0 Å². The second-order valence-corrected chi connectivity index (χ2v) is 6.06. The maximum atomic E-state index is 5.89. The first-order valence-corrected chi connectivity index (χ1v) is 7.98. The highest BCUT2D eigenvalue weighted by atomic mass is 16.5. The second kappa shape index (κ2) is 6.70. The molecule has 1 aromatic rings. The van der Waals surface area contributed by atoms with E-state index in [-0.39, 0.29) is 0 Å². The molecule has 0 amide bonds. The summed E-state index contributed by atoms with van der Waals surface area (Å²) in [5.74, 6) is 0. The molecule has 0 saturated carbocycles. The summed E-state index contributed by atoms with van der Waals surface area (Å²) in [6.45, 7) is 6.66. The Morgan fingerprint density at radius 1 is 1.25 bits per heavy atom. The molecule has 2 fully saturated rings. The number of rotatable bonds is 3. The molecule has 3 atom stereocenters. The molecule has 0 aromatic heterocycles. The average molecular weight is 274 g/mol. The zero-order valence-electron chi connectivity index (χ0n) is 12.4. The molecule has 0 bridgehead atoms. The number of hydrogen-bond acceptors (Lipinski definition) is 3. The summed E-state index contributed by atoms with van der Waals surface area (Å²) in [4.78, 5) is 2.62. The molecule has 0 spiro atoms. The monoisotopic (exact) mass is 274 g/mol. The van der Waals surface area contributed by atoms with Gasteiger partial charge in [0.05, 0.1) is 6.10 Å². The summed E-state index contributed by atoms with van der Waals surface area (Å²) in [5.41, 5.74) is 1.40. The average Bonchev–Trinajstić information content (AvgIpc) is 2.92. The Labute approximate surface area is 122 Å². The lowest BCUT2D eigenvalue weighted by Crippen LogP contribution is -2.43. The molecule has 1 aromatic carbocycles. The van der Waals surface area contributed by atoms with E-state index in [4.69, 9.17) is 4.74 Å². The molecular weight excluding hydrogens is 248 g/mol. The summed E-state index contributed by atoms with van der Waals surface area (Å²) in [6.07, 6.45) is 4.11. The second-order valence-electron chi connectivity index (χ2n) is 6.06. The van der Waals surface area contributed by atoms with Crippen molar-refractivity contribution >= 4 is 0 Å². The largest absolute Gasteiger partial charge is 0.377 e. The van der Waals surface area contributed by atoms with Crippen molar-refractivity contribution in [1.82, 2.24) is 10.2 Å². The fourth-order valence-electron chi connectivity index (χ4n) is 3.45. The topological polar surface area (TPSA) is 24.5 Å². The van der Waals surface area contributed by atoms with Crippen molar-refractivity contribution in [2.75, 3.05) is 26.2 Å². The maximum Gasteiger partial charge on any atom is 0.0728 e. The van der Waals surface area contributed by atoms with Crippen LogP contribution in [0.5, 0.6) is 0 Å². The van der Waals surface area contributed by atoms with Crippen LogP contribution in [0.1, 0.15) is 37.8 Å². The Morgan fingerprint density at radius 3 is 2.85 bits per heavy atom. The van der Waals surface area contributed by atoms with Crippen LogP contribution < -0.4 is 5.32 Å². The molecule has 2 aliphatic heterocycles. The molecule has 3 unspecified atom stereocenters. The molecule has 3 rings (SSSR count). The van der Waals surface area contributed by atoms with Crippen molar-refractivity contribution in [2.45, 2.75) is 44.4 Å². The number of hydrogen-bond donors (Lipinski definition) is 1. The van der Waals surface area contributed by atoms with Gasteiger partial charge in [-0.1, -0.05) is 30.3 Å². The van der Waals surface area contributed by atoms with E-state index in [1.165, 1.54) is 31.4 Å². The van der Waals surface area contributed by atoms with Gasteiger partial charge in [-0.2, -0.15) is 0 Å². The molecule has 0 radical (unpaired) electrons. The third-order valence-corrected chi connectivity index (χ3v) is 4.71. The van der Waals surface area contributed by atoms with Gasteiger partial charge < -0.3 is 10.1 Å². The normalized spacial score (nSPS) is 30.1. The standard InChI is InChI=1S/C17H26N2O/c1-14(17-9-5-12-20-17)19-11-6-10-18-16(13-19)15-7-3-2-4-8-15/h2-4,7-8,14,16-18H,5-6,9-13H2,1H3. The summed E-state index contributed by atoms with van der Waals surface area (Å²) in [5, 5.41) is 3.69. The minimum atomic E-state index is 0.435. The lowest BCUT2D eigenvalue weighted by molar-refractivity contribution is 0.0306. The highest BCUT2D eigenvalue weighted by Gasteiger charge is 2.29. The molecule has 110 valence electrons. The van der Waals surface area contributed by atoms with Crippen LogP contribution in [0, 0.1) is 0 Å². The molecule has 2 aliphatic rings. The first kappa shape index (κ1) is 14.1. The first-order valence-electron chi connectivity index (χ1n) is 7.98. The van der Waals surface area contributed by atoms with E-state index in [1.807, 2.05) is 0 Å². The van der Waals surface area contributed by atoms with E-state index in [1.54, 1.807) is 0 Å². The van der Waals surface area contributed by atoms with Gasteiger partial charge >= 0.3 is 0 Å². The molecule has 3 nitrogen and oxygen atoms in total. The summed E-state index contributed by atoms with van der Waals surface area (Å²) < 4.78 is 5.89. The van der Waals surface area contributed by atoms with E-state index < -0.39 is 0 Å². The van der Waals surface area contributed by atoms with Crippen molar-refractivity contribution in [3.05, 3.63) is 35.9 Å². The van der Waals surface area contributed by atoms with Crippen LogP contribution in [-0.4, -0.2) is 43.3 Å². The van der Waals surface area contributed by atoms with E-state index in [2.05, 4.69) is 47.5 Å². The fourth-order valence-corrected chi connectivity index (χ4v) is 3.45. The fraction of sp³-hybridized carbons (Fsp3) is 0.647. The minimum absolute atomic E-state index is 0.435. The van der Waals surface area contributed by atoms with Crippen molar-refractivity contribution < 1.29 is 4.74 Å². The highest BCUT2D eigenvalue weighted by Crippen LogP contribution is 2.23. The van der Waals surface area contributed by atoms with Crippen molar-refractivity contribution in [1.29, 1.82) is 0 Å². The van der Waals surface area contributed by atoms with E-state index in [0.717, 1.165) is 19.7 Å². The minimum Gasteiger partial charge on any atom is -0.377 e. The Kier molecular flexibility index (Phi) is 4.71. The quantitative estimate of drug-likeness (QED) is 0.917. The lowest BCUT2D eigenvalue weighted by Gasteiger charge is -2.33. The third-order valence-electron chi connectivity index (χ3n) is 4.71. The summed E-state index contributed by atoms with van der Waals surface area (Å²) >= 11 is 0. The maximum absolute atomic E-state index is 5.89. The van der Waals surface area contributed by atoms with Gasteiger partial charge in [0.2, 0.25) is 0 Å². The van der Waals surface area contributed by atoms with Gasteiger partial charge in [-0.3, -0.25) is 4.90 Å². The molecule has 0 aliphatic carbocycles. The van der Waals surface area contributed by atoms with Gasteiger partial charge in [-0.15, -0.1) is 0 Å². The predicted molar refractivity (Wildman–Crippen MR) is 81.8 cm³/mol. The molecule has 20 heavy (non-hydrogen) atoms. The Bertz CT molecular complexity index is 403. The number of ether oxygens (including phenoxy) is 1. The smallest absolute Gasteiger partial charge is 0.0728 e. The van der Waals surface area contributed by atoms with Gasteiger partial charge in [0.25, 0.3) is 0 Å². The van der Waals surface area contributed by atoms with Gasteiger partial charge in [0.1, 0.15) is 0 Å². The molecule has 1 N–H and O–H groups in total. The van der Waals surface area contributed by atoms with Crippen LogP contribution in [0.2, 0.25) is 0 Å². The molecule has 3 heteroatoms. The summed E-state index contributed by atoms with van der Waals surface area (Å²) in [6, 6.07) is 11.8. The van der Waals surface area contributed by atoms with E-state index in [9.17, 15) is 0 Å². The van der Waals surface area contributed by atoms with Crippen LogP contribution in [0.3, 0.4) is 0 Å². The van der Waals surface area contributed by atoms with Crippen LogP contribution in [0.15, 0.2) is 30.3 Å². The van der Waals surface area contributed by atoms with Crippen molar-refractivity contribution in [3.8, 4) is 0 Å². The van der Waals surface area contributed by atoms with Crippen molar-refractivity contribution in [3.63, 3.8) is 0 Å². The Hall–Kier alpha value is -0.900. The van der Waals surface area contributed by atoms with Crippen LogP contribution in [-0.2, 0) is 4.74 Å².